The maximum Gasteiger partial charge on any atom is 0.340 e. The summed E-state index contributed by atoms with van der Waals surface area (Å²) < 4.78 is 10.4. The predicted molar refractivity (Wildman–Crippen MR) is 122 cm³/mol. The number of hydrogen-bond donors (Lipinski definition) is 1. The molecule has 0 unspecified atom stereocenters. The molecule has 1 aliphatic rings. The molecule has 2 aromatic carbocycles. The van der Waals surface area contributed by atoms with Crippen molar-refractivity contribution in [1.29, 1.82) is 0 Å². The van der Waals surface area contributed by atoms with Crippen molar-refractivity contribution in [2.45, 2.75) is 26.8 Å². The Morgan fingerprint density at radius 1 is 1.06 bits per heavy atom. The molecule has 3 rings (SSSR count). The number of nitrogens with one attached hydrogen (secondary N) is 1. The van der Waals surface area contributed by atoms with Crippen LogP contribution >= 0.6 is 0 Å². The Morgan fingerprint density at radius 3 is 2.31 bits per heavy atom. The van der Waals surface area contributed by atoms with Gasteiger partial charge in [-0.15, -0.1) is 0 Å². The van der Waals surface area contributed by atoms with Crippen LogP contribution in [0.4, 0.5) is 5.69 Å². The molecule has 32 heavy (non-hydrogen) atoms. The molecule has 7 heteroatoms. The second-order valence-corrected chi connectivity index (χ2v) is 7.55. The number of allylic oxidation sites excluding steroid dienone is 1. The first-order valence-corrected chi connectivity index (χ1v) is 10.2. The van der Waals surface area contributed by atoms with Crippen molar-refractivity contribution in [2.24, 2.45) is 0 Å². The van der Waals surface area contributed by atoms with Crippen LogP contribution in [0.1, 0.15) is 26.3 Å². The van der Waals surface area contributed by atoms with Gasteiger partial charge in [0.2, 0.25) is 0 Å². The maximum absolute atomic E-state index is 12.9. The standard InChI is InChI=1S/C25H26N2O5/c1-16(2)27-17(3)23(25(30)31-4)21(24(27)29)14-18-10-12-20(13-11-18)32-15-22(28)26-19-8-6-5-7-9-19/h5-14,16H,15H2,1-4H3,(H,26,28)/b21-14-. The summed E-state index contributed by atoms with van der Waals surface area (Å²) in [7, 11) is 1.29. The second-order valence-electron chi connectivity index (χ2n) is 7.55. The van der Waals surface area contributed by atoms with Gasteiger partial charge in [0.05, 0.1) is 18.3 Å². The van der Waals surface area contributed by atoms with Crippen LogP contribution in [0.3, 0.4) is 0 Å². The smallest absolute Gasteiger partial charge is 0.340 e. The lowest BCUT2D eigenvalue weighted by atomic mass is 10.0. The summed E-state index contributed by atoms with van der Waals surface area (Å²) in [5.74, 6) is -0.543. The number of methoxy groups -OCH3 is 1. The van der Waals surface area contributed by atoms with E-state index in [9.17, 15) is 14.4 Å². The van der Waals surface area contributed by atoms with Crippen LogP contribution < -0.4 is 10.1 Å². The Hall–Kier alpha value is -3.87. The van der Waals surface area contributed by atoms with Crippen LogP contribution in [0.5, 0.6) is 5.75 Å². The fraction of sp³-hybridized carbons (Fsp3) is 0.240. The molecule has 0 atom stereocenters. The Bertz CT molecular complexity index is 1070. The highest BCUT2D eigenvalue weighted by Gasteiger charge is 2.38. The number of carbonyl (C=O) groups is 3. The van der Waals surface area contributed by atoms with Gasteiger partial charge in [-0.2, -0.15) is 0 Å². The van der Waals surface area contributed by atoms with Crippen molar-refractivity contribution in [3.05, 3.63) is 77.0 Å². The fourth-order valence-electron chi connectivity index (χ4n) is 3.51. The van der Waals surface area contributed by atoms with Gasteiger partial charge in [-0.3, -0.25) is 9.59 Å². The molecule has 0 saturated carbocycles. The topological polar surface area (TPSA) is 84.9 Å². The van der Waals surface area contributed by atoms with Gasteiger partial charge < -0.3 is 19.7 Å². The lowest BCUT2D eigenvalue weighted by Gasteiger charge is -2.22. The van der Waals surface area contributed by atoms with E-state index in [0.717, 1.165) is 0 Å². The molecule has 0 radical (unpaired) electrons. The fourth-order valence-corrected chi connectivity index (χ4v) is 3.51. The van der Waals surface area contributed by atoms with Crippen molar-refractivity contribution < 1.29 is 23.9 Å². The normalized spacial score (nSPS) is 14.8. The van der Waals surface area contributed by atoms with E-state index < -0.39 is 5.97 Å². The molecular formula is C25H26N2O5. The van der Waals surface area contributed by atoms with Crippen molar-refractivity contribution in [3.63, 3.8) is 0 Å². The number of amides is 2. The summed E-state index contributed by atoms with van der Waals surface area (Å²) in [5.41, 5.74) is 2.55. The van der Waals surface area contributed by atoms with Gasteiger partial charge in [-0.1, -0.05) is 30.3 Å². The Labute approximate surface area is 187 Å². The van der Waals surface area contributed by atoms with Crippen molar-refractivity contribution >= 4 is 29.5 Å². The average Bonchev–Trinajstić information content (AvgIpc) is 3.02. The van der Waals surface area contributed by atoms with E-state index in [4.69, 9.17) is 9.47 Å². The summed E-state index contributed by atoms with van der Waals surface area (Å²) in [6.45, 7) is 5.38. The molecule has 2 aromatic rings. The van der Waals surface area contributed by atoms with E-state index in [2.05, 4.69) is 5.32 Å². The number of ether oxygens (including phenoxy) is 2. The monoisotopic (exact) mass is 434 g/mol. The first-order chi connectivity index (χ1) is 15.3. The summed E-state index contributed by atoms with van der Waals surface area (Å²) in [6.07, 6.45) is 1.66. The van der Waals surface area contributed by atoms with Gasteiger partial charge in [-0.25, -0.2) is 4.79 Å². The summed E-state index contributed by atoms with van der Waals surface area (Å²) in [5, 5.41) is 2.75. The highest BCUT2D eigenvalue weighted by atomic mass is 16.5. The summed E-state index contributed by atoms with van der Waals surface area (Å²) in [4.78, 5) is 38.9. The maximum atomic E-state index is 12.9. The highest BCUT2D eigenvalue weighted by molar-refractivity contribution is 6.16. The summed E-state index contributed by atoms with van der Waals surface area (Å²) >= 11 is 0. The van der Waals surface area contributed by atoms with E-state index in [-0.39, 0.29) is 30.0 Å². The van der Waals surface area contributed by atoms with Gasteiger partial charge in [0, 0.05) is 17.4 Å². The molecule has 166 valence electrons. The second kappa shape index (κ2) is 9.96. The van der Waals surface area contributed by atoms with Crippen molar-refractivity contribution in [2.75, 3.05) is 19.0 Å². The van der Waals surface area contributed by atoms with Crippen LogP contribution in [-0.2, 0) is 19.1 Å². The van der Waals surface area contributed by atoms with Gasteiger partial charge in [0.1, 0.15) is 5.75 Å². The zero-order valence-electron chi connectivity index (χ0n) is 18.5. The number of hydrogen-bond acceptors (Lipinski definition) is 5. The molecule has 0 fully saturated rings. The first kappa shape index (κ1) is 22.8. The van der Waals surface area contributed by atoms with E-state index >= 15 is 0 Å². The molecule has 1 N–H and O–H groups in total. The zero-order valence-corrected chi connectivity index (χ0v) is 18.5. The molecule has 2 amide bonds. The van der Waals surface area contributed by atoms with Crippen LogP contribution in [0.2, 0.25) is 0 Å². The minimum absolute atomic E-state index is 0.0918. The number of esters is 1. The number of para-hydroxylation sites is 1. The lowest BCUT2D eigenvalue weighted by molar-refractivity contribution is -0.136. The number of rotatable bonds is 7. The molecule has 0 aromatic heterocycles. The van der Waals surface area contributed by atoms with Gasteiger partial charge in [0.15, 0.2) is 6.61 Å². The predicted octanol–water partition coefficient (Wildman–Crippen LogP) is 3.79. The SMILES string of the molecule is COC(=O)C1=C(C)N(C(C)C)C(=O)/C1=C\c1ccc(OCC(=O)Nc2ccccc2)cc1. The quantitative estimate of drug-likeness (QED) is 0.530. The summed E-state index contributed by atoms with van der Waals surface area (Å²) in [6, 6.07) is 16.0. The Balaban J connectivity index is 1.71. The van der Waals surface area contributed by atoms with Crippen LogP contribution in [-0.4, -0.2) is 42.4 Å². The first-order valence-electron chi connectivity index (χ1n) is 10.2. The Kier molecular flexibility index (Phi) is 7.10. The lowest BCUT2D eigenvalue weighted by Crippen LogP contribution is -2.31. The van der Waals surface area contributed by atoms with Crippen LogP contribution in [0.15, 0.2) is 71.4 Å². The van der Waals surface area contributed by atoms with Gasteiger partial charge in [-0.05, 0) is 56.7 Å². The minimum atomic E-state index is -0.547. The van der Waals surface area contributed by atoms with E-state index in [1.54, 1.807) is 54.3 Å². The molecule has 0 spiro atoms. The molecule has 7 nitrogen and oxygen atoms in total. The number of nitrogens with zero attached hydrogens (tertiary/aromatic N) is 1. The molecule has 0 aliphatic carbocycles. The molecule has 0 bridgehead atoms. The minimum Gasteiger partial charge on any atom is -0.484 e. The zero-order chi connectivity index (χ0) is 23.3. The van der Waals surface area contributed by atoms with Crippen molar-refractivity contribution in [3.8, 4) is 5.75 Å². The average molecular weight is 434 g/mol. The van der Waals surface area contributed by atoms with Gasteiger partial charge in [0.25, 0.3) is 11.8 Å². The third kappa shape index (κ3) is 5.06. The number of anilines is 1. The van der Waals surface area contributed by atoms with E-state index in [1.807, 2.05) is 32.0 Å². The van der Waals surface area contributed by atoms with Crippen LogP contribution in [0, 0.1) is 0 Å². The largest absolute Gasteiger partial charge is 0.484 e. The highest BCUT2D eigenvalue weighted by Crippen LogP contribution is 2.33. The molecule has 0 saturated heterocycles. The Morgan fingerprint density at radius 2 is 1.72 bits per heavy atom. The molecule has 1 heterocycles. The number of benzene rings is 2. The molecular weight excluding hydrogens is 408 g/mol. The third-order valence-electron chi connectivity index (χ3n) is 4.97. The van der Waals surface area contributed by atoms with Gasteiger partial charge >= 0.3 is 5.97 Å². The van der Waals surface area contributed by atoms with E-state index in [0.29, 0.717) is 28.3 Å². The van der Waals surface area contributed by atoms with E-state index in [1.165, 1.54) is 7.11 Å². The van der Waals surface area contributed by atoms with Crippen molar-refractivity contribution in [1.82, 2.24) is 4.90 Å². The molecule has 1 aliphatic heterocycles. The third-order valence-corrected chi connectivity index (χ3v) is 4.97. The number of carbonyl (C=O) groups excluding carboxylic acids is 3. The van der Waals surface area contributed by atoms with Crippen LogP contribution in [0.25, 0.3) is 6.08 Å².